The molecule has 0 amide bonds. The van der Waals surface area contributed by atoms with Crippen LogP contribution in [-0.4, -0.2) is 24.1 Å². The molecule has 0 aliphatic carbocycles. The van der Waals surface area contributed by atoms with Gasteiger partial charge in [0.05, 0.1) is 13.2 Å². The molecule has 2 heterocycles. The Morgan fingerprint density at radius 1 is 1.35 bits per heavy atom. The Kier molecular flexibility index (Phi) is 3.71. The zero-order chi connectivity index (χ0) is 12.3. The Morgan fingerprint density at radius 2 is 2.12 bits per heavy atom. The summed E-state index contributed by atoms with van der Waals surface area (Å²) in [6.07, 6.45) is 3.32. The Bertz CT molecular complexity index is 498. The van der Waals surface area contributed by atoms with Gasteiger partial charge in [0.2, 0.25) is 5.88 Å². The molecule has 1 atom stereocenters. The zero-order valence-electron chi connectivity index (χ0n) is 10.1. The third-order valence-corrected chi connectivity index (χ3v) is 3.69. The average Bonchev–Trinajstić information content (AvgIpc) is 2.78. The van der Waals surface area contributed by atoms with E-state index in [0.29, 0.717) is 5.88 Å². The number of aryl methyl sites for hydroxylation is 1. The molecule has 0 bridgehead atoms. The fourth-order valence-corrected chi connectivity index (χ4v) is 2.80. The lowest BCUT2D eigenvalue weighted by Crippen LogP contribution is -2.19. The van der Waals surface area contributed by atoms with Crippen molar-refractivity contribution in [1.29, 1.82) is 0 Å². The summed E-state index contributed by atoms with van der Waals surface area (Å²) in [6, 6.07) is 2.13. The van der Waals surface area contributed by atoms with Gasteiger partial charge in [-0.25, -0.2) is 4.98 Å². The summed E-state index contributed by atoms with van der Waals surface area (Å²) in [7, 11) is 3.53. The van der Waals surface area contributed by atoms with Gasteiger partial charge in [-0.05, 0) is 31.0 Å². The highest BCUT2D eigenvalue weighted by atomic mass is 32.1. The largest absolute Gasteiger partial charge is 0.480 e. The maximum atomic E-state index is 5.26. The standard InChI is InChI=1S/C12H15N3OS/c1-8-4-7-17-11(8)9(13-2)10-12(16-3)15-6-5-14-10/h4-7,9,13H,1-3H3. The summed E-state index contributed by atoms with van der Waals surface area (Å²) < 4.78 is 5.26. The van der Waals surface area contributed by atoms with Crippen LogP contribution < -0.4 is 10.1 Å². The van der Waals surface area contributed by atoms with Crippen molar-refractivity contribution in [1.82, 2.24) is 15.3 Å². The predicted molar refractivity (Wildman–Crippen MR) is 68.5 cm³/mol. The molecule has 5 heteroatoms. The lowest BCUT2D eigenvalue weighted by atomic mass is 10.1. The summed E-state index contributed by atoms with van der Waals surface area (Å²) in [5.74, 6) is 0.569. The molecule has 2 aromatic heterocycles. The van der Waals surface area contributed by atoms with E-state index in [1.54, 1.807) is 30.8 Å². The van der Waals surface area contributed by atoms with E-state index < -0.39 is 0 Å². The number of aromatic nitrogens is 2. The second-order valence-corrected chi connectivity index (χ2v) is 4.59. The molecular weight excluding hydrogens is 234 g/mol. The third kappa shape index (κ3) is 2.30. The number of nitrogens with one attached hydrogen (secondary N) is 1. The van der Waals surface area contributed by atoms with Crippen LogP contribution in [0.1, 0.15) is 22.2 Å². The molecule has 0 aliphatic heterocycles. The normalized spacial score (nSPS) is 12.4. The fraction of sp³-hybridized carbons (Fsp3) is 0.333. The summed E-state index contributed by atoms with van der Waals surface area (Å²) >= 11 is 1.71. The fourth-order valence-electron chi connectivity index (χ4n) is 1.76. The number of nitrogens with zero attached hydrogens (tertiary/aromatic N) is 2. The molecular formula is C12H15N3OS. The smallest absolute Gasteiger partial charge is 0.237 e. The molecule has 2 aromatic rings. The quantitative estimate of drug-likeness (QED) is 0.902. The van der Waals surface area contributed by atoms with Crippen LogP contribution in [0.25, 0.3) is 0 Å². The van der Waals surface area contributed by atoms with Gasteiger partial charge in [-0.15, -0.1) is 11.3 Å². The number of hydrogen-bond donors (Lipinski definition) is 1. The highest BCUT2D eigenvalue weighted by Gasteiger charge is 2.21. The van der Waals surface area contributed by atoms with Crippen LogP contribution in [0.5, 0.6) is 5.88 Å². The van der Waals surface area contributed by atoms with Gasteiger partial charge in [-0.1, -0.05) is 0 Å². The molecule has 2 rings (SSSR count). The highest BCUT2D eigenvalue weighted by molar-refractivity contribution is 7.10. The van der Waals surface area contributed by atoms with Gasteiger partial charge in [0.15, 0.2) is 0 Å². The van der Waals surface area contributed by atoms with Crippen LogP contribution in [0.4, 0.5) is 0 Å². The Balaban J connectivity index is 2.46. The molecule has 17 heavy (non-hydrogen) atoms. The summed E-state index contributed by atoms with van der Waals surface area (Å²) in [4.78, 5) is 9.80. The van der Waals surface area contributed by atoms with Gasteiger partial charge < -0.3 is 10.1 Å². The maximum absolute atomic E-state index is 5.26. The van der Waals surface area contributed by atoms with E-state index in [1.165, 1.54) is 10.4 Å². The first-order valence-corrected chi connectivity index (χ1v) is 6.22. The maximum Gasteiger partial charge on any atom is 0.237 e. The molecule has 0 saturated heterocycles. The van der Waals surface area contributed by atoms with Crippen molar-refractivity contribution >= 4 is 11.3 Å². The summed E-state index contributed by atoms with van der Waals surface area (Å²) in [6.45, 7) is 2.10. The van der Waals surface area contributed by atoms with E-state index >= 15 is 0 Å². The molecule has 90 valence electrons. The number of rotatable bonds is 4. The zero-order valence-corrected chi connectivity index (χ0v) is 10.9. The van der Waals surface area contributed by atoms with Crippen LogP contribution in [0.15, 0.2) is 23.8 Å². The van der Waals surface area contributed by atoms with Crippen molar-refractivity contribution < 1.29 is 4.74 Å². The van der Waals surface area contributed by atoms with Gasteiger partial charge in [0.1, 0.15) is 5.69 Å². The Labute approximate surface area is 105 Å². The Morgan fingerprint density at radius 3 is 2.71 bits per heavy atom. The molecule has 1 unspecified atom stereocenters. The highest BCUT2D eigenvalue weighted by Crippen LogP contribution is 2.31. The molecule has 4 nitrogen and oxygen atoms in total. The van der Waals surface area contributed by atoms with Crippen molar-refractivity contribution in [3.8, 4) is 5.88 Å². The third-order valence-electron chi connectivity index (χ3n) is 2.61. The van der Waals surface area contributed by atoms with Gasteiger partial charge in [-0.3, -0.25) is 4.98 Å². The molecule has 0 aromatic carbocycles. The van der Waals surface area contributed by atoms with Crippen LogP contribution in [0.3, 0.4) is 0 Å². The van der Waals surface area contributed by atoms with Crippen LogP contribution >= 0.6 is 11.3 Å². The van der Waals surface area contributed by atoms with E-state index in [2.05, 4.69) is 33.7 Å². The van der Waals surface area contributed by atoms with Crippen molar-refractivity contribution in [2.45, 2.75) is 13.0 Å². The van der Waals surface area contributed by atoms with Crippen LogP contribution in [-0.2, 0) is 0 Å². The number of thiophene rings is 1. The minimum atomic E-state index is 0.0265. The molecule has 0 saturated carbocycles. The van der Waals surface area contributed by atoms with Crippen molar-refractivity contribution in [3.05, 3.63) is 40.0 Å². The average molecular weight is 249 g/mol. The van der Waals surface area contributed by atoms with Crippen LogP contribution in [0.2, 0.25) is 0 Å². The lowest BCUT2D eigenvalue weighted by Gasteiger charge is -2.16. The molecule has 0 aliphatic rings. The summed E-state index contributed by atoms with van der Waals surface area (Å²) in [5, 5.41) is 5.35. The topological polar surface area (TPSA) is 47.0 Å². The first-order chi connectivity index (χ1) is 8.27. The van der Waals surface area contributed by atoms with Gasteiger partial charge in [-0.2, -0.15) is 0 Å². The summed E-state index contributed by atoms with van der Waals surface area (Å²) in [5.41, 5.74) is 2.07. The van der Waals surface area contributed by atoms with E-state index in [-0.39, 0.29) is 6.04 Å². The van der Waals surface area contributed by atoms with E-state index in [9.17, 15) is 0 Å². The first-order valence-electron chi connectivity index (χ1n) is 5.34. The van der Waals surface area contributed by atoms with Crippen molar-refractivity contribution in [3.63, 3.8) is 0 Å². The second kappa shape index (κ2) is 5.25. The van der Waals surface area contributed by atoms with Crippen molar-refractivity contribution in [2.24, 2.45) is 0 Å². The number of ether oxygens (including phenoxy) is 1. The Hall–Kier alpha value is -1.46. The molecule has 0 radical (unpaired) electrons. The minimum absolute atomic E-state index is 0.0265. The molecule has 0 fully saturated rings. The van der Waals surface area contributed by atoms with E-state index in [1.807, 2.05) is 7.05 Å². The SMILES string of the molecule is CNC(c1nccnc1OC)c1sccc1C. The lowest BCUT2D eigenvalue weighted by molar-refractivity contribution is 0.384. The van der Waals surface area contributed by atoms with Gasteiger partial charge >= 0.3 is 0 Å². The second-order valence-electron chi connectivity index (χ2n) is 3.64. The minimum Gasteiger partial charge on any atom is -0.480 e. The predicted octanol–water partition coefficient (Wildman–Crippen LogP) is 2.16. The van der Waals surface area contributed by atoms with Crippen molar-refractivity contribution in [2.75, 3.05) is 14.2 Å². The number of hydrogen-bond acceptors (Lipinski definition) is 5. The monoisotopic (exact) mass is 249 g/mol. The van der Waals surface area contributed by atoms with Gasteiger partial charge in [0.25, 0.3) is 0 Å². The van der Waals surface area contributed by atoms with E-state index in [4.69, 9.17) is 4.74 Å². The molecule has 1 N–H and O–H groups in total. The number of methoxy groups -OCH3 is 1. The van der Waals surface area contributed by atoms with Crippen LogP contribution in [0, 0.1) is 6.92 Å². The van der Waals surface area contributed by atoms with Gasteiger partial charge in [0, 0.05) is 17.3 Å². The van der Waals surface area contributed by atoms with E-state index in [0.717, 1.165) is 5.69 Å². The molecule has 0 spiro atoms. The first kappa shape index (κ1) is 12.0.